The Morgan fingerprint density at radius 3 is 2.26 bits per heavy atom. The molecule has 2 aromatic rings. The van der Waals surface area contributed by atoms with Gasteiger partial charge in [-0.15, -0.1) is 0 Å². The Kier molecular flexibility index (Phi) is 18.3. The van der Waals surface area contributed by atoms with Gasteiger partial charge >= 0.3 is 0 Å². The highest BCUT2D eigenvalue weighted by atomic mass is 32.2. The molecule has 61 heavy (non-hydrogen) atoms. The van der Waals surface area contributed by atoms with Crippen molar-refractivity contribution in [2.24, 2.45) is 11.8 Å². The molecule has 1 aliphatic carbocycles. The zero-order valence-corrected chi connectivity index (χ0v) is 37.9. The molecule has 2 fully saturated rings. The summed E-state index contributed by atoms with van der Waals surface area (Å²) in [5.74, 6) is -0.469. The Labute approximate surface area is 363 Å². The van der Waals surface area contributed by atoms with Crippen LogP contribution in [0.3, 0.4) is 0 Å². The van der Waals surface area contributed by atoms with Crippen molar-refractivity contribution in [1.29, 1.82) is 5.26 Å². The molecule has 1 saturated heterocycles. The normalized spacial score (nSPS) is 19.9. The molecule has 336 valence electrons. The number of rotatable bonds is 22. The number of hydrogen-bond donors (Lipinski definition) is 3. The average molecular weight is 866 g/mol. The molecule has 15 heteroatoms. The summed E-state index contributed by atoms with van der Waals surface area (Å²) in [5, 5.41) is 18.5. The number of methoxy groups -OCH3 is 1. The van der Waals surface area contributed by atoms with Gasteiger partial charge in [-0.1, -0.05) is 62.2 Å². The van der Waals surface area contributed by atoms with Gasteiger partial charge in [-0.05, 0) is 89.5 Å². The Bertz CT molecular complexity index is 1930. The minimum atomic E-state index is -3.97. The fraction of sp³-hybridized carbons (Fsp3) is 0.609. The van der Waals surface area contributed by atoms with Crippen LogP contribution in [0.15, 0.2) is 66.9 Å². The summed E-state index contributed by atoms with van der Waals surface area (Å²) in [5.41, 5.74) is 0.718. The van der Waals surface area contributed by atoms with E-state index >= 15 is 0 Å². The second-order valence-corrected chi connectivity index (χ2v) is 20.5. The quantitative estimate of drug-likeness (QED) is 0.111. The van der Waals surface area contributed by atoms with Crippen LogP contribution in [0.5, 0.6) is 0 Å². The fourth-order valence-corrected chi connectivity index (χ4v) is 8.62. The SMILES string of the molecule is C=C(COCCOCCOC)OC(CN1CC2CCCCC2CC1C(=O)NC(C)(C)C)C(Cc1ccccc1)NC(=O)C(NC(=O)c1cccc(C#N)c1)C(C)(C)S(C)(=O)=O. The van der Waals surface area contributed by atoms with E-state index in [0.717, 1.165) is 37.5 Å². The number of amides is 3. The van der Waals surface area contributed by atoms with Crippen molar-refractivity contribution in [3.05, 3.63) is 83.6 Å². The van der Waals surface area contributed by atoms with E-state index in [1.807, 2.05) is 57.2 Å². The summed E-state index contributed by atoms with van der Waals surface area (Å²) in [6.45, 7) is 15.2. The van der Waals surface area contributed by atoms with Crippen molar-refractivity contribution in [3.8, 4) is 6.07 Å². The van der Waals surface area contributed by atoms with E-state index in [1.165, 1.54) is 32.0 Å². The first-order valence-electron chi connectivity index (χ1n) is 21.2. The summed E-state index contributed by atoms with van der Waals surface area (Å²) in [6.07, 6.45) is 5.51. The molecule has 2 aliphatic rings. The van der Waals surface area contributed by atoms with Crippen molar-refractivity contribution in [3.63, 3.8) is 0 Å². The maximum atomic E-state index is 14.8. The number of carbonyl (C=O) groups is 3. The zero-order valence-electron chi connectivity index (χ0n) is 37.0. The van der Waals surface area contributed by atoms with Crippen molar-refractivity contribution in [1.82, 2.24) is 20.9 Å². The van der Waals surface area contributed by atoms with Gasteiger partial charge in [-0.3, -0.25) is 19.3 Å². The van der Waals surface area contributed by atoms with Gasteiger partial charge in [-0.25, -0.2) is 8.42 Å². The summed E-state index contributed by atoms with van der Waals surface area (Å²) in [6, 6.07) is 14.6. The number of likely N-dealkylation sites (tertiary alicyclic amines) is 1. The third kappa shape index (κ3) is 14.9. The molecule has 0 spiro atoms. The minimum Gasteiger partial charge on any atom is -0.489 e. The Morgan fingerprint density at radius 2 is 1.61 bits per heavy atom. The van der Waals surface area contributed by atoms with E-state index in [1.54, 1.807) is 13.2 Å². The third-order valence-corrected chi connectivity index (χ3v) is 13.8. The molecule has 1 saturated carbocycles. The molecule has 0 bridgehead atoms. The van der Waals surface area contributed by atoms with E-state index in [4.69, 9.17) is 18.9 Å². The number of nitrogens with one attached hydrogen (secondary N) is 3. The second kappa shape index (κ2) is 22.7. The van der Waals surface area contributed by atoms with Crippen LogP contribution in [0.25, 0.3) is 0 Å². The average Bonchev–Trinajstić information content (AvgIpc) is 3.20. The molecular formula is C46H67N5O9S. The van der Waals surface area contributed by atoms with Crippen LogP contribution < -0.4 is 16.0 Å². The molecule has 3 N–H and O–H groups in total. The number of benzene rings is 2. The maximum Gasteiger partial charge on any atom is 0.252 e. The summed E-state index contributed by atoms with van der Waals surface area (Å²) < 4.78 is 48.1. The first-order chi connectivity index (χ1) is 28.8. The highest BCUT2D eigenvalue weighted by Gasteiger charge is 2.47. The molecule has 1 heterocycles. The van der Waals surface area contributed by atoms with Gasteiger partial charge in [0.2, 0.25) is 11.8 Å². The summed E-state index contributed by atoms with van der Waals surface area (Å²) in [4.78, 5) is 44.8. The van der Waals surface area contributed by atoms with Gasteiger partial charge in [0.15, 0.2) is 9.84 Å². The van der Waals surface area contributed by atoms with Gasteiger partial charge in [0.1, 0.15) is 24.5 Å². The first-order valence-corrected chi connectivity index (χ1v) is 23.1. The standard InChI is InChI=1S/C46H67N5O9S/c1-32(31-59-24-23-58-22-21-57-7)60-40(30-51-29-37-19-13-12-18-35(37)27-39(51)43(53)50-45(2,3)4)38(26-33-15-10-9-11-16-33)48-44(54)41(46(5,6)61(8,55)56)49-42(52)36-20-14-17-34(25-36)28-47/h9-11,14-17,20,25,35,37-41H,1,12-13,18-19,21-24,26-27,29-31H2,2-8H3,(H,48,54)(H,49,52)(H,50,53). The van der Waals surface area contributed by atoms with Gasteiger partial charge in [0, 0.05) is 37.6 Å². The molecule has 6 unspecified atom stereocenters. The van der Waals surface area contributed by atoms with Gasteiger partial charge in [0.25, 0.3) is 5.91 Å². The molecule has 14 nitrogen and oxygen atoms in total. The lowest BCUT2D eigenvalue weighted by Gasteiger charge is -2.47. The predicted molar refractivity (Wildman–Crippen MR) is 234 cm³/mol. The van der Waals surface area contributed by atoms with E-state index in [0.29, 0.717) is 44.6 Å². The number of fused-ring (bicyclic) bond motifs is 1. The molecule has 2 aromatic carbocycles. The Balaban J connectivity index is 1.74. The van der Waals surface area contributed by atoms with E-state index in [2.05, 4.69) is 27.4 Å². The largest absolute Gasteiger partial charge is 0.489 e. The lowest BCUT2D eigenvalue weighted by molar-refractivity contribution is -0.133. The molecular weight excluding hydrogens is 799 g/mol. The van der Waals surface area contributed by atoms with Crippen LogP contribution in [0, 0.1) is 23.2 Å². The molecule has 3 amide bonds. The number of ether oxygens (including phenoxy) is 4. The molecule has 4 rings (SSSR count). The smallest absolute Gasteiger partial charge is 0.252 e. The van der Waals surface area contributed by atoms with Gasteiger partial charge in [-0.2, -0.15) is 5.26 Å². The highest BCUT2D eigenvalue weighted by Crippen LogP contribution is 2.39. The summed E-state index contributed by atoms with van der Waals surface area (Å²) in [7, 11) is -2.37. The van der Waals surface area contributed by atoms with Crippen LogP contribution in [0.2, 0.25) is 0 Å². The van der Waals surface area contributed by atoms with Crippen LogP contribution in [-0.4, -0.2) is 125 Å². The third-order valence-electron chi connectivity index (χ3n) is 11.6. The fourth-order valence-electron chi connectivity index (χ4n) is 8.02. The van der Waals surface area contributed by atoms with Crippen LogP contribution in [-0.2, 0) is 44.8 Å². The van der Waals surface area contributed by atoms with Crippen LogP contribution in [0.1, 0.15) is 88.2 Å². The Hall–Kier alpha value is -4.33. The van der Waals surface area contributed by atoms with Crippen molar-refractivity contribution < 1.29 is 41.7 Å². The van der Waals surface area contributed by atoms with Crippen molar-refractivity contribution in [2.75, 3.05) is 59.5 Å². The Morgan fingerprint density at radius 1 is 0.934 bits per heavy atom. The van der Waals surface area contributed by atoms with Crippen LogP contribution in [0.4, 0.5) is 0 Å². The lowest BCUT2D eigenvalue weighted by atomic mass is 9.72. The highest BCUT2D eigenvalue weighted by molar-refractivity contribution is 7.92. The minimum absolute atomic E-state index is 0.0241. The van der Waals surface area contributed by atoms with E-state index < -0.39 is 56.2 Å². The lowest BCUT2D eigenvalue weighted by Crippen LogP contribution is -2.64. The van der Waals surface area contributed by atoms with Crippen molar-refractivity contribution in [2.45, 2.75) is 108 Å². The van der Waals surface area contributed by atoms with E-state index in [9.17, 15) is 28.1 Å². The predicted octanol–water partition coefficient (Wildman–Crippen LogP) is 4.58. The summed E-state index contributed by atoms with van der Waals surface area (Å²) >= 11 is 0. The van der Waals surface area contributed by atoms with Crippen LogP contribution >= 0.6 is 0 Å². The number of sulfone groups is 1. The molecule has 0 radical (unpaired) electrons. The number of piperidine rings is 1. The number of carbonyl (C=O) groups excluding carboxylic acids is 3. The second-order valence-electron chi connectivity index (χ2n) is 17.9. The first kappa shape index (κ1) is 49.3. The number of hydrogen-bond acceptors (Lipinski definition) is 11. The number of nitriles is 1. The van der Waals surface area contributed by atoms with Crippen molar-refractivity contribution >= 4 is 27.6 Å². The monoisotopic (exact) mass is 865 g/mol. The van der Waals surface area contributed by atoms with Gasteiger partial charge < -0.3 is 34.9 Å². The zero-order chi connectivity index (χ0) is 44.8. The maximum absolute atomic E-state index is 14.8. The molecule has 1 aliphatic heterocycles. The number of nitrogens with zero attached hydrogens (tertiary/aromatic N) is 2. The van der Waals surface area contributed by atoms with Gasteiger partial charge in [0.05, 0.1) is 54.9 Å². The topological polar surface area (TPSA) is 185 Å². The molecule has 0 aromatic heterocycles. The molecule has 6 atom stereocenters. The van der Waals surface area contributed by atoms with E-state index in [-0.39, 0.29) is 49.0 Å².